The normalized spacial score (nSPS) is 15.3. The van der Waals surface area contributed by atoms with E-state index in [9.17, 15) is 4.79 Å². The Hall–Kier alpha value is -0.610. The quantitative estimate of drug-likeness (QED) is 0.707. The Balaban J connectivity index is 4.06. The van der Waals surface area contributed by atoms with E-state index in [0.717, 1.165) is 6.42 Å². The van der Waals surface area contributed by atoms with E-state index < -0.39 is 6.04 Å². The van der Waals surface area contributed by atoms with Crippen molar-refractivity contribution >= 4 is 5.91 Å². The fourth-order valence-electron chi connectivity index (χ4n) is 1.33. The first-order chi connectivity index (χ1) is 7.27. The van der Waals surface area contributed by atoms with Gasteiger partial charge in [0.1, 0.15) is 0 Å². The van der Waals surface area contributed by atoms with Crippen LogP contribution in [-0.2, 0) is 4.79 Å². The van der Waals surface area contributed by atoms with Crippen LogP contribution in [0.1, 0.15) is 34.1 Å². The van der Waals surface area contributed by atoms with Gasteiger partial charge in [0.05, 0.1) is 6.04 Å². The van der Waals surface area contributed by atoms with E-state index in [-0.39, 0.29) is 17.9 Å². The van der Waals surface area contributed by atoms with Crippen LogP contribution in [-0.4, -0.2) is 36.5 Å². The number of likely N-dealkylation sites (N-methyl/N-ethyl adjacent to an activating group) is 1. The van der Waals surface area contributed by atoms with Crippen molar-refractivity contribution in [2.24, 2.45) is 23.3 Å². The molecule has 0 spiro atoms. The van der Waals surface area contributed by atoms with E-state index in [1.807, 2.05) is 13.8 Å². The molecule has 2 atom stereocenters. The van der Waals surface area contributed by atoms with E-state index in [1.54, 1.807) is 11.9 Å². The summed E-state index contributed by atoms with van der Waals surface area (Å²) in [6.07, 6.45) is 0.824. The van der Waals surface area contributed by atoms with Gasteiger partial charge >= 0.3 is 0 Å². The number of rotatable bonds is 6. The summed E-state index contributed by atoms with van der Waals surface area (Å²) in [7, 11) is 1.79. The highest BCUT2D eigenvalue weighted by atomic mass is 16.2. The SMILES string of the molecule is CC(C)C(N)CCN(C)C(=O)[C@@H](N)C(C)C. The lowest BCUT2D eigenvalue weighted by atomic mass is 10.0. The molecule has 0 bridgehead atoms. The zero-order valence-electron chi connectivity index (χ0n) is 11.2. The van der Waals surface area contributed by atoms with Crippen molar-refractivity contribution in [3.8, 4) is 0 Å². The van der Waals surface area contributed by atoms with Crippen LogP contribution in [0.25, 0.3) is 0 Å². The van der Waals surface area contributed by atoms with Crippen molar-refractivity contribution in [3.63, 3.8) is 0 Å². The monoisotopic (exact) mass is 229 g/mol. The summed E-state index contributed by atoms with van der Waals surface area (Å²) in [5.74, 6) is 0.627. The van der Waals surface area contributed by atoms with Gasteiger partial charge in [0.2, 0.25) is 5.91 Å². The molecule has 0 aromatic carbocycles. The average Bonchev–Trinajstić information content (AvgIpc) is 2.22. The van der Waals surface area contributed by atoms with Crippen LogP contribution in [0.2, 0.25) is 0 Å². The Morgan fingerprint density at radius 2 is 1.62 bits per heavy atom. The topological polar surface area (TPSA) is 72.3 Å². The zero-order chi connectivity index (χ0) is 12.9. The third kappa shape index (κ3) is 4.94. The van der Waals surface area contributed by atoms with Gasteiger partial charge in [0.25, 0.3) is 0 Å². The van der Waals surface area contributed by atoms with Gasteiger partial charge in [-0.2, -0.15) is 0 Å². The summed E-state index contributed by atoms with van der Waals surface area (Å²) in [6, 6.07) is -0.259. The van der Waals surface area contributed by atoms with Crippen molar-refractivity contribution in [3.05, 3.63) is 0 Å². The first kappa shape index (κ1) is 15.4. The highest BCUT2D eigenvalue weighted by Crippen LogP contribution is 2.06. The minimum atomic E-state index is -0.403. The number of carbonyl (C=O) groups excluding carboxylic acids is 1. The van der Waals surface area contributed by atoms with Gasteiger partial charge in [-0.1, -0.05) is 27.7 Å². The largest absolute Gasteiger partial charge is 0.344 e. The number of hydrogen-bond donors (Lipinski definition) is 2. The molecule has 0 saturated heterocycles. The number of nitrogens with two attached hydrogens (primary N) is 2. The van der Waals surface area contributed by atoms with Gasteiger partial charge in [0, 0.05) is 19.6 Å². The maximum Gasteiger partial charge on any atom is 0.239 e. The number of carbonyl (C=O) groups is 1. The van der Waals surface area contributed by atoms with Crippen LogP contribution in [0.5, 0.6) is 0 Å². The van der Waals surface area contributed by atoms with Crippen molar-refractivity contribution < 1.29 is 4.79 Å². The maximum atomic E-state index is 11.8. The molecular weight excluding hydrogens is 202 g/mol. The molecule has 4 nitrogen and oxygen atoms in total. The third-order valence-electron chi connectivity index (χ3n) is 3.03. The van der Waals surface area contributed by atoms with Crippen LogP contribution < -0.4 is 11.5 Å². The Labute approximate surface area is 99.4 Å². The standard InChI is InChI=1S/C12H27N3O/c1-8(2)10(13)6-7-15(5)12(16)11(14)9(3)4/h8-11H,6-7,13-14H2,1-5H3/t10?,11-/m0/s1. The second kappa shape index (κ2) is 6.86. The van der Waals surface area contributed by atoms with Crippen LogP contribution in [0, 0.1) is 11.8 Å². The first-order valence-corrected chi connectivity index (χ1v) is 6.03. The second-order valence-corrected chi connectivity index (χ2v) is 5.23. The molecule has 4 N–H and O–H groups in total. The molecule has 96 valence electrons. The minimum Gasteiger partial charge on any atom is -0.344 e. The molecule has 0 radical (unpaired) electrons. The Bertz CT molecular complexity index is 216. The van der Waals surface area contributed by atoms with Crippen LogP contribution in [0.3, 0.4) is 0 Å². The van der Waals surface area contributed by atoms with Gasteiger partial charge in [-0.25, -0.2) is 0 Å². The summed E-state index contributed by atoms with van der Waals surface area (Å²) in [5.41, 5.74) is 11.7. The summed E-state index contributed by atoms with van der Waals surface area (Å²) < 4.78 is 0. The fourth-order valence-corrected chi connectivity index (χ4v) is 1.33. The molecule has 0 aliphatic heterocycles. The highest BCUT2D eigenvalue weighted by molar-refractivity contribution is 5.81. The molecule has 0 rings (SSSR count). The fraction of sp³-hybridized carbons (Fsp3) is 0.917. The second-order valence-electron chi connectivity index (χ2n) is 5.23. The Morgan fingerprint density at radius 3 is 2.00 bits per heavy atom. The predicted molar refractivity (Wildman–Crippen MR) is 67.9 cm³/mol. The lowest BCUT2D eigenvalue weighted by molar-refractivity contribution is -0.132. The van der Waals surface area contributed by atoms with E-state index in [1.165, 1.54) is 0 Å². The van der Waals surface area contributed by atoms with Gasteiger partial charge < -0.3 is 16.4 Å². The number of nitrogens with zero attached hydrogens (tertiary/aromatic N) is 1. The average molecular weight is 229 g/mol. The van der Waals surface area contributed by atoms with Crippen LogP contribution >= 0.6 is 0 Å². The number of amides is 1. The molecule has 0 fully saturated rings. The molecule has 0 heterocycles. The van der Waals surface area contributed by atoms with Crippen molar-refractivity contribution in [1.29, 1.82) is 0 Å². The van der Waals surface area contributed by atoms with Crippen LogP contribution in [0.4, 0.5) is 0 Å². The van der Waals surface area contributed by atoms with Crippen molar-refractivity contribution in [1.82, 2.24) is 4.90 Å². The molecule has 0 saturated carbocycles. The summed E-state index contributed by atoms with van der Waals surface area (Å²) in [6.45, 7) is 8.77. The third-order valence-corrected chi connectivity index (χ3v) is 3.03. The highest BCUT2D eigenvalue weighted by Gasteiger charge is 2.21. The lowest BCUT2D eigenvalue weighted by Crippen LogP contribution is -2.46. The molecule has 0 aromatic heterocycles. The first-order valence-electron chi connectivity index (χ1n) is 6.03. The molecule has 4 heteroatoms. The summed E-state index contributed by atoms with van der Waals surface area (Å²) in [4.78, 5) is 13.5. The molecular formula is C12H27N3O. The molecule has 0 aliphatic rings. The van der Waals surface area contributed by atoms with E-state index in [2.05, 4.69) is 13.8 Å². The minimum absolute atomic E-state index is 0.00551. The van der Waals surface area contributed by atoms with Gasteiger partial charge in [-0.3, -0.25) is 4.79 Å². The van der Waals surface area contributed by atoms with Gasteiger partial charge in [-0.15, -0.1) is 0 Å². The molecule has 0 aromatic rings. The van der Waals surface area contributed by atoms with Gasteiger partial charge in [0.15, 0.2) is 0 Å². The van der Waals surface area contributed by atoms with Crippen molar-refractivity contribution in [2.45, 2.75) is 46.2 Å². The smallest absolute Gasteiger partial charge is 0.239 e. The summed E-state index contributed by atoms with van der Waals surface area (Å²) >= 11 is 0. The molecule has 0 aliphatic carbocycles. The lowest BCUT2D eigenvalue weighted by Gasteiger charge is -2.25. The molecule has 1 unspecified atom stereocenters. The van der Waals surface area contributed by atoms with Crippen LogP contribution in [0.15, 0.2) is 0 Å². The van der Waals surface area contributed by atoms with E-state index in [4.69, 9.17) is 11.5 Å². The molecule has 16 heavy (non-hydrogen) atoms. The van der Waals surface area contributed by atoms with E-state index in [0.29, 0.717) is 12.5 Å². The maximum absolute atomic E-state index is 11.8. The zero-order valence-corrected chi connectivity index (χ0v) is 11.2. The van der Waals surface area contributed by atoms with Gasteiger partial charge in [-0.05, 0) is 18.3 Å². The molecule has 1 amide bonds. The van der Waals surface area contributed by atoms with Crippen molar-refractivity contribution in [2.75, 3.05) is 13.6 Å². The summed E-state index contributed by atoms with van der Waals surface area (Å²) in [5, 5.41) is 0. The predicted octanol–water partition coefficient (Wildman–Crippen LogP) is 0.802. The van der Waals surface area contributed by atoms with E-state index >= 15 is 0 Å². The number of hydrogen-bond acceptors (Lipinski definition) is 3. The Morgan fingerprint density at radius 1 is 1.12 bits per heavy atom. The Kier molecular flexibility index (Phi) is 6.60.